The Morgan fingerprint density at radius 1 is 0.909 bits per heavy atom. The highest BCUT2D eigenvalue weighted by Gasteiger charge is 2.19. The number of rotatable bonds is 7. The molecule has 5 aromatic rings. The molecule has 0 saturated carbocycles. The van der Waals surface area contributed by atoms with E-state index in [9.17, 15) is 0 Å². The maximum atomic E-state index is 5.64. The van der Waals surface area contributed by atoms with E-state index in [2.05, 4.69) is 50.9 Å². The van der Waals surface area contributed by atoms with Gasteiger partial charge in [-0.1, -0.05) is 36.4 Å². The molecule has 0 spiro atoms. The third-order valence-corrected chi connectivity index (χ3v) is 5.70. The number of fused-ring (bicyclic) bond motifs is 1. The topological polar surface area (TPSA) is 77.9 Å². The number of imidazole rings is 1. The number of nitrogens with one attached hydrogen (secondary N) is 1. The van der Waals surface area contributed by atoms with Gasteiger partial charge in [-0.2, -0.15) is 0 Å². The molecule has 7 heteroatoms. The molecule has 2 heterocycles. The van der Waals surface area contributed by atoms with E-state index in [-0.39, 0.29) is 0 Å². The van der Waals surface area contributed by atoms with E-state index in [0.717, 1.165) is 33.9 Å². The average molecular weight is 440 g/mol. The Morgan fingerprint density at radius 2 is 1.76 bits per heavy atom. The molecule has 0 aliphatic rings. The number of hydrogen-bond donors (Lipinski definition) is 1. The molecule has 0 radical (unpaired) electrons. The van der Waals surface area contributed by atoms with Gasteiger partial charge in [-0.25, -0.2) is 4.98 Å². The summed E-state index contributed by atoms with van der Waals surface area (Å²) in [6, 6.07) is 22.3. The molecular weight excluding hydrogens is 414 g/mol. The van der Waals surface area contributed by atoms with Gasteiger partial charge in [0.15, 0.2) is 11.6 Å². The van der Waals surface area contributed by atoms with E-state index in [0.29, 0.717) is 24.6 Å². The summed E-state index contributed by atoms with van der Waals surface area (Å²) in [4.78, 5) is 8.20. The normalized spacial score (nSPS) is 11.1. The van der Waals surface area contributed by atoms with Gasteiger partial charge in [0.2, 0.25) is 0 Å². The second-order valence-corrected chi connectivity index (χ2v) is 7.97. The van der Waals surface area contributed by atoms with Gasteiger partial charge in [0, 0.05) is 18.1 Å². The average Bonchev–Trinajstić information content (AvgIpc) is 3.43. The number of aromatic nitrogens is 5. The summed E-state index contributed by atoms with van der Waals surface area (Å²) in [6.45, 7) is 2.60. The summed E-state index contributed by atoms with van der Waals surface area (Å²) in [5.74, 6) is 3.73. The van der Waals surface area contributed by atoms with Crippen LogP contribution in [0.3, 0.4) is 0 Å². The lowest BCUT2D eigenvalue weighted by Crippen LogP contribution is -2.09. The van der Waals surface area contributed by atoms with Crippen molar-refractivity contribution in [2.45, 2.75) is 19.9 Å². The van der Waals surface area contributed by atoms with Gasteiger partial charge in [-0.05, 0) is 42.3 Å². The molecule has 0 aliphatic heterocycles. The Hall–Kier alpha value is -4.13. The van der Waals surface area contributed by atoms with Crippen LogP contribution in [-0.2, 0) is 13.0 Å². The van der Waals surface area contributed by atoms with Crippen LogP contribution in [0, 0.1) is 6.92 Å². The smallest absolute Gasteiger partial charge is 0.200 e. The number of aromatic amines is 1. The van der Waals surface area contributed by atoms with Crippen LogP contribution in [0.25, 0.3) is 22.7 Å². The lowest BCUT2D eigenvalue weighted by atomic mass is 10.1. The zero-order chi connectivity index (χ0) is 22.8. The Labute approximate surface area is 192 Å². The Bertz CT molecular complexity index is 1410. The number of benzene rings is 3. The summed E-state index contributed by atoms with van der Waals surface area (Å²) in [5.41, 5.74) is 5.22. The highest BCUT2D eigenvalue weighted by Crippen LogP contribution is 2.28. The van der Waals surface area contributed by atoms with Crippen LogP contribution in [0.5, 0.6) is 11.5 Å². The van der Waals surface area contributed by atoms with E-state index in [1.165, 1.54) is 11.1 Å². The standard InChI is InChI=1S/C26H25N5O2/c1-17-9-12-21-22(13-17)28-25(27-21)26-30-29-24(14-18-7-5-4-6-8-18)31(26)16-19-10-11-20(32-2)15-23(19)33-3/h4-13,15H,14,16H2,1-3H3,(H,27,28). The minimum Gasteiger partial charge on any atom is -0.497 e. The first kappa shape index (κ1) is 20.8. The molecule has 0 atom stereocenters. The van der Waals surface area contributed by atoms with Crippen molar-refractivity contribution < 1.29 is 9.47 Å². The maximum absolute atomic E-state index is 5.64. The zero-order valence-electron chi connectivity index (χ0n) is 18.9. The quantitative estimate of drug-likeness (QED) is 0.395. The SMILES string of the molecule is COc1ccc(Cn2c(Cc3ccccc3)nnc2-c2nc3ccc(C)cc3[nH]2)c(OC)c1. The second kappa shape index (κ2) is 8.78. The fourth-order valence-corrected chi connectivity index (χ4v) is 3.97. The van der Waals surface area contributed by atoms with E-state index < -0.39 is 0 Å². The highest BCUT2D eigenvalue weighted by molar-refractivity contribution is 5.79. The number of aryl methyl sites for hydroxylation is 1. The highest BCUT2D eigenvalue weighted by atomic mass is 16.5. The number of hydrogen-bond acceptors (Lipinski definition) is 5. The fourth-order valence-electron chi connectivity index (χ4n) is 3.97. The molecule has 1 N–H and O–H groups in total. The van der Waals surface area contributed by atoms with Crippen LogP contribution in [-0.4, -0.2) is 39.0 Å². The van der Waals surface area contributed by atoms with Crippen LogP contribution in [0.4, 0.5) is 0 Å². The summed E-state index contributed by atoms with van der Waals surface area (Å²) >= 11 is 0. The van der Waals surface area contributed by atoms with Crippen LogP contribution in [0.2, 0.25) is 0 Å². The molecule has 0 saturated heterocycles. The summed E-state index contributed by atoms with van der Waals surface area (Å²) in [6.07, 6.45) is 0.658. The van der Waals surface area contributed by atoms with Crippen molar-refractivity contribution in [3.63, 3.8) is 0 Å². The van der Waals surface area contributed by atoms with E-state index in [4.69, 9.17) is 14.5 Å². The fraction of sp³-hybridized carbons (Fsp3) is 0.192. The first-order valence-electron chi connectivity index (χ1n) is 10.8. The van der Waals surface area contributed by atoms with Crippen molar-refractivity contribution in [2.75, 3.05) is 14.2 Å². The number of methoxy groups -OCH3 is 2. The minimum atomic E-state index is 0.535. The minimum absolute atomic E-state index is 0.535. The van der Waals surface area contributed by atoms with Crippen molar-refractivity contribution in [3.05, 3.63) is 89.2 Å². The molecule has 2 aromatic heterocycles. The van der Waals surface area contributed by atoms with E-state index >= 15 is 0 Å². The van der Waals surface area contributed by atoms with Crippen molar-refractivity contribution >= 4 is 11.0 Å². The molecule has 0 unspecified atom stereocenters. The van der Waals surface area contributed by atoms with Crippen LogP contribution in [0.1, 0.15) is 22.5 Å². The molecule has 33 heavy (non-hydrogen) atoms. The van der Waals surface area contributed by atoms with Gasteiger partial charge in [-0.3, -0.25) is 0 Å². The van der Waals surface area contributed by atoms with Crippen LogP contribution < -0.4 is 9.47 Å². The molecule has 166 valence electrons. The zero-order valence-corrected chi connectivity index (χ0v) is 18.9. The van der Waals surface area contributed by atoms with E-state index in [1.54, 1.807) is 14.2 Å². The molecule has 0 amide bonds. The monoisotopic (exact) mass is 439 g/mol. The molecule has 0 fully saturated rings. The number of nitrogens with zero attached hydrogens (tertiary/aromatic N) is 4. The van der Waals surface area contributed by atoms with Gasteiger partial charge in [0.05, 0.1) is 31.8 Å². The maximum Gasteiger partial charge on any atom is 0.200 e. The first-order chi connectivity index (χ1) is 16.1. The molecule has 3 aromatic carbocycles. The van der Waals surface area contributed by atoms with Crippen molar-refractivity contribution in [2.24, 2.45) is 0 Å². The molecule has 5 rings (SSSR count). The molecule has 0 bridgehead atoms. The van der Waals surface area contributed by atoms with Gasteiger partial charge >= 0.3 is 0 Å². The largest absolute Gasteiger partial charge is 0.497 e. The Morgan fingerprint density at radius 3 is 2.55 bits per heavy atom. The predicted molar refractivity (Wildman–Crippen MR) is 128 cm³/mol. The first-order valence-corrected chi connectivity index (χ1v) is 10.8. The lowest BCUT2D eigenvalue weighted by Gasteiger charge is -2.14. The third kappa shape index (κ3) is 4.17. The number of H-pyrrole nitrogens is 1. The Balaban J connectivity index is 1.60. The third-order valence-electron chi connectivity index (χ3n) is 5.70. The molecule has 7 nitrogen and oxygen atoms in total. The van der Waals surface area contributed by atoms with Crippen molar-refractivity contribution in [3.8, 4) is 23.1 Å². The van der Waals surface area contributed by atoms with Gasteiger partial charge in [-0.15, -0.1) is 10.2 Å². The molecule has 0 aliphatic carbocycles. The lowest BCUT2D eigenvalue weighted by molar-refractivity contribution is 0.390. The summed E-state index contributed by atoms with van der Waals surface area (Å²) < 4.78 is 13.1. The summed E-state index contributed by atoms with van der Waals surface area (Å²) in [7, 11) is 3.31. The number of ether oxygens (including phenoxy) is 2. The van der Waals surface area contributed by atoms with Gasteiger partial charge < -0.3 is 19.0 Å². The molecular formula is C26H25N5O2. The van der Waals surface area contributed by atoms with Crippen molar-refractivity contribution in [1.82, 2.24) is 24.7 Å². The predicted octanol–water partition coefficient (Wildman–Crippen LogP) is 4.79. The second-order valence-electron chi connectivity index (χ2n) is 7.97. The van der Waals surface area contributed by atoms with Gasteiger partial charge in [0.1, 0.15) is 17.3 Å². The van der Waals surface area contributed by atoms with E-state index in [1.807, 2.05) is 42.5 Å². The summed E-state index contributed by atoms with van der Waals surface area (Å²) in [5, 5.41) is 9.09. The van der Waals surface area contributed by atoms with Crippen molar-refractivity contribution in [1.29, 1.82) is 0 Å². The van der Waals surface area contributed by atoms with Gasteiger partial charge in [0.25, 0.3) is 0 Å². The van der Waals surface area contributed by atoms with Crippen LogP contribution >= 0.6 is 0 Å². The van der Waals surface area contributed by atoms with Crippen LogP contribution in [0.15, 0.2) is 66.7 Å². The Kier molecular flexibility index (Phi) is 5.52.